The van der Waals surface area contributed by atoms with E-state index in [2.05, 4.69) is 9.80 Å². The largest absolute Gasteiger partial charge is 0.496 e. The zero-order chi connectivity index (χ0) is 24.4. The Labute approximate surface area is 191 Å². The number of carbonyl (C=O) groups is 2. The summed E-state index contributed by atoms with van der Waals surface area (Å²) in [6, 6.07) is 10.8. The number of aliphatic carboxylic acids is 2. The second-order valence-electron chi connectivity index (χ2n) is 7.27. The van der Waals surface area contributed by atoms with Gasteiger partial charge in [0.15, 0.2) is 11.5 Å². The maximum absolute atomic E-state index is 13.9. The number of nitrogens with zero attached hydrogens (tertiary/aromatic N) is 2. The molecule has 180 valence electrons. The number of hydrogen-bond donors (Lipinski definition) is 2. The van der Waals surface area contributed by atoms with Gasteiger partial charge in [0.25, 0.3) is 0 Å². The molecular weight excluding hydrogens is 435 g/mol. The molecule has 0 radical (unpaired) electrons. The molecule has 0 unspecified atom stereocenters. The van der Waals surface area contributed by atoms with Crippen molar-refractivity contribution in [2.24, 2.45) is 0 Å². The first kappa shape index (κ1) is 25.9. The van der Waals surface area contributed by atoms with Gasteiger partial charge in [-0.15, -0.1) is 0 Å². The summed E-state index contributed by atoms with van der Waals surface area (Å²) in [5.41, 5.74) is 1.82. The Kier molecular flexibility index (Phi) is 9.89. The van der Waals surface area contributed by atoms with Gasteiger partial charge < -0.3 is 24.4 Å². The van der Waals surface area contributed by atoms with Crippen molar-refractivity contribution >= 4 is 11.9 Å². The second-order valence-corrected chi connectivity index (χ2v) is 7.27. The Morgan fingerprint density at radius 1 is 0.788 bits per heavy atom. The molecule has 0 atom stereocenters. The lowest BCUT2D eigenvalue weighted by molar-refractivity contribution is -0.159. The van der Waals surface area contributed by atoms with Crippen molar-refractivity contribution in [1.29, 1.82) is 0 Å². The minimum atomic E-state index is -1.82. The molecule has 33 heavy (non-hydrogen) atoms. The third-order valence-corrected chi connectivity index (χ3v) is 5.18. The zero-order valence-corrected chi connectivity index (χ0v) is 18.9. The molecule has 1 saturated heterocycles. The van der Waals surface area contributed by atoms with Crippen LogP contribution < -0.4 is 14.2 Å². The average molecular weight is 464 g/mol. The van der Waals surface area contributed by atoms with Crippen LogP contribution in [0, 0.1) is 5.82 Å². The zero-order valence-electron chi connectivity index (χ0n) is 18.9. The number of piperazine rings is 1. The van der Waals surface area contributed by atoms with Crippen molar-refractivity contribution in [2.75, 3.05) is 47.5 Å². The highest BCUT2D eigenvalue weighted by Gasteiger charge is 2.20. The van der Waals surface area contributed by atoms with E-state index < -0.39 is 11.9 Å². The number of halogens is 1. The lowest BCUT2D eigenvalue weighted by Crippen LogP contribution is -2.45. The van der Waals surface area contributed by atoms with E-state index in [1.54, 1.807) is 27.4 Å². The van der Waals surface area contributed by atoms with Gasteiger partial charge in [0.2, 0.25) is 0 Å². The molecule has 1 heterocycles. The van der Waals surface area contributed by atoms with Crippen LogP contribution in [0.5, 0.6) is 17.2 Å². The molecule has 1 fully saturated rings. The van der Waals surface area contributed by atoms with Crippen molar-refractivity contribution in [2.45, 2.75) is 13.1 Å². The summed E-state index contributed by atoms with van der Waals surface area (Å²) in [5.74, 6) is -1.62. The van der Waals surface area contributed by atoms with Crippen LogP contribution in [0.3, 0.4) is 0 Å². The molecule has 0 aliphatic carbocycles. The molecule has 1 aliphatic rings. The Balaban J connectivity index is 0.000000569. The molecule has 2 aromatic carbocycles. The Hall–Kier alpha value is -3.37. The highest BCUT2D eigenvalue weighted by molar-refractivity contribution is 6.27. The third-order valence-electron chi connectivity index (χ3n) is 5.18. The van der Waals surface area contributed by atoms with E-state index in [4.69, 9.17) is 34.0 Å². The smallest absolute Gasteiger partial charge is 0.414 e. The molecule has 0 aromatic heterocycles. The van der Waals surface area contributed by atoms with Crippen LogP contribution in [0.4, 0.5) is 4.39 Å². The molecular formula is C23H29FN2O7. The van der Waals surface area contributed by atoms with Crippen LogP contribution in [0.25, 0.3) is 0 Å². The minimum Gasteiger partial charge on any atom is -0.496 e. The maximum Gasteiger partial charge on any atom is 0.414 e. The van der Waals surface area contributed by atoms with Gasteiger partial charge in [-0.2, -0.15) is 0 Å². The number of methoxy groups -OCH3 is 3. The van der Waals surface area contributed by atoms with Crippen LogP contribution in [0.1, 0.15) is 11.1 Å². The van der Waals surface area contributed by atoms with Gasteiger partial charge in [0.1, 0.15) is 11.6 Å². The Morgan fingerprint density at radius 2 is 1.24 bits per heavy atom. The van der Waals surface area contributed by atoms with Crippen molar-refractivity contribution in [3.05, 3.63) is 53.3 Å². The number of carboxylic acid groups (broad SMARTS) is 2. The first-order valence-corrected chi connectivity index (χ1v) is 10.2. The minimum absolute atomic E-state index is 0.130. The standard InChI is InChI=1S/C21H27FN2O3.C2H2O4/c1-25-19-13-21(27-3)20(26-2)12-17(19)15-24-10-8-23(9-11-24)14-16-6-4-5-7-18(16)22;3-1(4)2(5)6/h4-7,12-13H,8-11,14-15H2,1-3H3;(H,3,4)(H,5,6). The molecule has 10 heteroatoms. The number of rotatable bonds is 7. The maximum atomic E-state index is 13.9. The molecule has 3 rings (SSSR count). The van der Waals surface area contributed by atoms with Gasteiger partial charge in [-0.05, 0) is 12.1 Å². The fourth-order valence-corrected chi connectivity index (χ4v) is 3.43. The van der Waals surface area contributed by atoms with Gasteiger partial charge >= 0.3 is 11.9 Å². The molecule has 0 spiro atoms. The van der Waals surface area contributed by atoms with Crippen LogP contribution in [-0.4, -0.2) is 79.5 Å². The number of carboxylic acids is 2. The Bertz CT molecular complexity index is 934. The summed E-state index contributed by atoms with van der Waals surface area (Å²) in [6.45, 7) is 5.09. The van der Waals surface area contributed by atoms with Crippen LogP contribution in [0.2, 0.25) is 0 Å². The summed E-state index contributed by atoms with van der Waals surface area (Å²) in [5, 5.41) is 14.8. The van der Waals surface area contributed by atoms with E-state index in [1.165, 1.54) is 6.07 Å². The van der Waals surface area contributed by atoms with Crippen molar-refractivity contribution in [3.63, 3.8) is 0 Å². The van der Waals surface area contributed by atoms with Crippen molar-refractivity contribution in [3.8, 4) is 17.2 Å². The van der Waals surface area contributed by atoms with Crippen LogP contribution >= 0.6 is 0 Å². The van der Waals surface area contributed by atoms with Crippen LogP contribution in [-0.2, 0) is 22.7 Å². The summed E-state index contributed by atoms with van der Waals surface area (Å²) in [7, 11) is 4.92. The predicted molar refractivity (Wildman–Crippen MR) is 118 cm³/mol. The second kappa shape index (κ2) is 12.6. The topological polar surface area (TPSA) is 109 Å². The fourth-order valence-electron chi connectivity index (χ4n) is 3.43. The number of benzene rings is 2. The molecule has 1 aliphatic heterocycles. The normalized spacial score (nSPS) is 14.1. The molecule has 2 N–H and O–H groups in total. The molecule has 0 bridgehead atoms. The SMILES string of the molecule is COc1cc(OC)c(OC)cc1CN1CCN(Cc2ccccc2F)CC1.O=C(O)C(=O)O. The molecule has 9 nitrogen and oxygen atoms in total. The predicted octanol–water partition coefficient (Wildman–Crippen LogP) is 2.32. The number of ether oxygens (including phenoxy) is 3. The summed E-state index contributed by atoms with van der Waals surface area (Å²) in [4.78, 5) is 22.9. The van der Waals surface area contributed by atoms with Gasteiger partial charge in [-0.3, -0.25) is 9.80 Å². The van der Waals surface area contributed by atoms with E-state index in [-0.39, 0.29) is 5.82 Å². The van der Waals surface area contributed by atoms with Crippen molar-refractivity contribution in [1.82, 2.24) is 9.80 Å². The van der Waals surface area contributed by atoms with Crippen molar-refractivity contribution < 1.29 is 38.4 Å². The van der Waals surface area contributed by atoms with E-state index in [1.807, 2.05) is 24.3 Å². The summed E-state index contributed by atoms with van der Waals surface area (Å²) in [6.07, 6.45) is 0. The molecule has 2 aromatic rings. The van der Waals surface area contributed by atoms with Gasteiger partial charge in [-0.1, -0.05) is 18.2 Å². The quantitative estimate of drug-likeness (QED) is 0.597. The van der Waals surface area contributed by atoms with Gasteiger partial charge in [0, 0.05) is 56.5 Å². The highest BCUT2D eigenvalue weighted by atomic mass is 19.1. The van der Waals surface area contributed by atoms with E-state index in [0.717, 1.165) is 49.6 Å². The highest BCUT2D eigenvalue weighted by Crippen LogP contribution is 2.35. The van der Waals surface area contributed by atoms with E-state index in [0.29, 0.717) is 18.0 Å². The van der Waals surface area contributed by atoms with Crippen LogP contribution in [0.15, 0.2) is 36.4 Å². The first-order valence-electron chi connectivity index (χ1n) is 10.2. The lowest BCUT2D eigenvalue weighted by Gasteiger charge is -2.35. The van der Waals surface area contributed by atoms with Gasteiger partial charge in [0.05, 0.1) is 21.3 Å². The van der Waals surface area contributed by atoms with Gasteiger partial charge in [-0.25, -0.2) is 14.0 Å². The summed E-state index contributed by atoms with van der Waals surface area (Å²) >= 11 is 0. The average Bonchev–Trinajstić information content (AvgIpc) is 2.81. The monoisotopic (exact) mass is 464 g/mol. The molecule has 0 amide bonds. The number of hydrogen-bond acceptors (Lipinski definition) is 7. The molecule has 0 saturated carbocycles. The summed E-state index contributed by atoms with van der Waals surface area (Å²) < 4.78 is 30.1. The fraction of sp³-hybridized carbons (Fsp3) is 0.391. The Morgan fingerprint density at radius 3 is 1.70 bits per heavy atom. The first-order chi connectivity index (χ1) is 15.8. The van der Waals surface area contributed by atoms with E-state index in [9.17, 15) is 4.39 Å². The van der Waals surface area contributed by atoms with E-state index >= 15 is 0 Å². The third kappa shape index (κ3) is 7.62. The lowest BCUT2D eigenvalue weighted by atomic mass is 10.1.